The van der Waals surface area contributed by atoms with Crippen molar-refractivity contribution in [2.45, 2.75) is 70.3 Å². The van der Waals surface area contributed by atoms with E-state index in [1.54, 1.807) is 32.1 Å². The van der Waals surface area contributed by atoms with E-state index in [0.29, 0.717) is 6.10 Å². The summed E-state index contributed by atoms with van der Waals surface area (Å²) in [6.45, 7) is 4.53. The highest BCUT2D eigenvalue weighted by Crippen LogP contribution is 2.57. The van der Waals surface area contributed by atoms with Crippen molar-refractivity contribution < 1.29 is 4.74 Å². The van der Waals surface area contributed by atoms with Gasteiger partial charge >= 0.3 is 0 Å². The molecule has 0 amide bonds. The van der Waals surface area contributed by atoms with Gasteiger partial charge in [0.25, 0.3) is 0 Å². The molecule has 0 spiro atoms. The summed E-state index contributed by atoms with van der Waals surface area (Å²) in [5.74, 6) is 6.47. The van der Waals surface area contributed by atoms with Crippen molar-refractivity contribution in [3.8, 4) is 0 Å². The molecular weight excluding hydrogens is 256 g/mol. The fraction of sp³-hybridized carbons (Fsp3) is 0.900. The van der Waals surface area contributed by atoms with Crippen molar-refractivity contribution in [3.05, 3.63) is 12.7 Å². The molecule has 118 valence electrons. The second-order valence-corrected chi connectivity index (χ2v) is 8.32. The first-order valence-corrected chi connectivity index (χ1v) is 9.59. The smallest absolute Gasteiger partial charge is 0.0648 e. The molecule has 0 saturated heterocycles. The predicted octanol–water partition coefficient (Wildman–Crippen LogP) is 5.21. The van der Waals surface area contributed by atoms with Gasteiger partial charge < -0.3 is 4.74 Å². The molecule has 1 heteroatoms. The van der Waals surface area contributed by atoms with E-state index >= 15 is 0 Å². The third kappa shape index (κ3) is 2.60. The first kappa shape index (κ1) is 14.3. The predicted molar refractivity (Wildman–Crippen MR) is 87.0 cm³/mol. The van der Waals surface area contributed by atoms with E-state index < -0.39 is 0 Å². The highest BCUT2D eigenvalue weighted by atomic mass is 16.5. The maximum absolute atomic E-state index is 5.97. The van der Waals surface area contributed by atoms with Gasteiger partial charge in [0, 0.05) is 0 Å². The van der Waals surface area contributed by atoms with Crippen molar-refractivity contribution in [2.24, 2.45) is 35.5 Å². The molecule has 4 saturated carbocycles. The molecule has 0 bridgehead atoms. The number of hydrogen-bond donors (Lipinski definition) is 0. The second kappa shape index (κ2) is 6.07. The zero-order valence-corrected chi connectivity index (χ0v) is 13.5. The molecule has 7 unspecified atom stereocenters. The minimum Gasteiger partial charge on any atom is -0.374 e. The lowest BCUT2D eigenvalue weighted by molar-refractivity contribution is -0.0607. The lowest BCUT2D eigenvalue weighted by atomic mass is 9.53. The molecule has 0 heterocycles. The molecule has 0 radical (unpaired) electrons. The van der Waals surface area contributed by atoms with Crippen molar-refractivity contribution >= 4 is 0 Å². The van der Waals surface area contributed by atoms with Gasteiger partial charge in [-0.15, -0.1) is 6.58 Å². The fourth-order valence-corrected chi connectivity index (χ4v) is 6.79. The maximum atomic E-state index is 5.97. The number of fused-ring (bicyclic) bond motifs is 5. The van der Waals surface area contributed by atoms with Crippen LogP contribution in [-0.2, 0) is 4.74 Å². The van der Waals surface area contributed by atoms with E-state index in [1.807, 2.05) is 6.08 Å². The number of rotatable bonds is 3. The van der Waals surface area contributed by atoms with Crippen LogP contribution in [0.5, 0.6) is 0 Å². The largest absolute Gasteiger partial charge is 0.374 e. The SMILES string of the molecule is C=CCOC1CCC2C(CCC3C4CCCC4CCC23)C1. The first-order chi connectivity index (χ1) is 10.4. The van der Waals surface area contributed by atoms with Crippen LogP contribution in [0.3, 0.4) is 0 Å². The molecule has 1 nitrogen and oxygen atoms in total. The molecule has 4 fully saturated rings. The zero-order chi connectivity index (χ0) is 14.2. The van der Waals surface area contributed by atoms with E-state index in [1.165, 1.54) is 32.1 Å². The van der Waals surface area contributed by atoms with Crippen molar-refractivity contribution in [3.63, 3.8) is 0 Å². The Morgan fingerprint density at radius 1 is 0.762 bits per heavy atom. The van der Waals surface area contributed by atoms with Gasteiger partial charge in [-0.3, -0.25) is 0 Å². The summed E-state index contributed by atoms with van der Waals surface area (Å²) in [7, 11) is 0. The third-order valence-electron chi connectivity index (χ3n) is 7.55. The summed E-state index contributed by atoms with van der Waals surface area (Å²) in [5, 5.41) is 0. The fourth-order valence-electron chi connectivity index (χ4n) is 6.79. The van der Waals surface area contributed by atoms with Gasteiger partial charge in [-0.2, -0.15) is 0 Å². The average Bonchev–Trinajstić information content (AvgIpc) is 3.01. The van der Waals surface area contributed by atoms with Crippen LogP contribution in [0.4, 0.5) is 0 Å². The average molecular weight is 288 g/mol. The Kier molecular flexibility index (Phi) is 4.13. The molecule has 21 heavy (non-hydrogen) atoms. The molecule has 0 aromatic heterocycles. The molecule has 4 rings (SSSR count). The molecule has 0 N–H and O–H groups in total. The van der Waals surface area contributed by atoms with Gasteiger partial charge in [0.1, 0.15) is 0 Å². The third-order valence-corrected chi connectivity index (χ3v) is 7.55. The van der Waals surface area contributed by atoms with Crippen LogP contribution in [0.25, 0.3) is 0 Å². The Balaban J connectivity index is 1.42. The normalized spacial score (nSPS) is 49.0. The molecule has 0 aliphatic heterocycles. The lowest BCUT2D eigenvalue weighted by Crippen LogP contribution is -2.45. The monoisotopic (exact) mass is 288 g/mol. The van der Waals surface area contributed by atoms with Crippen LogP contribution < -0.4 is 0 Å². The Hall–Kier alpha value is -0.300. The number of ether oxygens (including phenoxy) is 1. The van der Waals surface area contributed by atoms with Crippen LogP contribution in [-0.4, -0.2) is 12.7 Å². The van der Waals surface area contributed by atoms with Gasteiger partial charge in [-0.25, -0.2) is 0 Å². The van der Waals surface area contributed by atoms with Crippen molar-refractivity contribution in [1.82, 2.24) is 0 Å². The Bertz CT molecular complexity index is 376. The van der Waals surface area contributed by atoms with Crippen molar-refractivity contribution in [1.29, 1.82) is 0 Å². The second-order valence-electron chi connectivity index (χ2n) is 8.32. The van der Waals surface area contributed by atoms with E-state index in [-0.39, 0.29) is 0 Å². The summed E-state index contributed by atoms with van der Waals surface area (Å²) in [6.07, 6.45) is 17.4. The molecule has 4 aliphatic rings. The Morgan fingerprint density at radius 2 is 1.48 bits per heavy atom. The minimum atomic E-state index is 0.531. The summed E-state index contributed by atoms with van der Waals surface area (Å²) in [5.41, 5.74) is 0. The first-order valence-electron chi connectivity index (χ1n) is 9.59. The standard InChI is InChI=1S/C20H32O/c1-2-12-21-16-8-11-18-15(13-16)7-10-19-17-5-3-4-14(17)6-9-20(18)19/h2,14-20H,1,3-13H2. The van der Waals surface area contributed by atoms with Crippen LogP contribution in [0.15, 0.2) is 12.7 Å². The highest BCUT2D eigenvalue weighted by Gasteiger charge is 2.49. The lowest BCUT2D eigenvalue weighted by Gasteiger charge is -2.52. The van der Waals surface area contributed by atoms with Crippen molar-refractivity contribution in [2.75, 3.05) is 6.61 Å². The topological polar surface area (TPSA) is 9.23 Å². The quantitative estimate of drug-likeness (QED) is 0.648. The molecule has 0 aromatic carbocycles. The zero-order valence-electron chi connectivity index (χ0n) is 13.5. The molecule has 4 aliphatic carbocycles. The highest BCUT2D eigenvalue weighted by molar-refractivity contribution is 4.99. The molecule has 0 aromatic rings. The van der Waals surface area contributed by atoms with Crippen LogP contribution in [0.2, 0.25) is 0 Å². The van der Waals surface area contributed by atoms with E-state index in [0.717, 1.165) is 42.1 Å². The van der Waals surface area contributed by atoms with E-state index in [4.69, 9.17) is 4.74 Å². The van der Waals surface area contributed by atoms with Gasteiger partial charge in [0.15, 0.2) is 0 Å². The van der Waals surface area contributed by atoms with Crippen LogP contribution in [0.1, 0.15) is 64.2 Å². The molecule has 7 atom stereocenters. The number of hydrogen-bond acceptors (Lipinski definition) is 1. The minimum absolute atomic E-state index is 0.531. The summed E-state index contributed by atoms with van der Waals surface area (Å²) in [4.78, 5) is 0. The summed E-state index contributed by atoms with van der Waals surface area (Å²) >= 11 is 0. The van der Waals surface area contributed by atoms with Crippen LogP contribution >= 0.6 is 0 Å². The molecular formula is C20H32O. The van der Waals surface area contributed by atoms with Gasteiger partial charge in [0.2, 0.25) is 0 Å². The van der Waals surface area contributed by atoms with Crippen LogP contribution in [0, 0.1) is 35.5 Å². The van der Waals surface area contributed by atoms with Gasteiger partial charge in [0.05, 0.1) is 12.7 Å². The maximum Gasteiger partial charge on any atom is 0.0648 e. The Labute approximate surface area is 130 Å². The Morgan fingerprint density at radius 3 is 2.29 bits per heavy atom. The summed E-state index contributed by atoms with van der Waals surface area (Å²) < 4.78 is 5.97. The summed E-state index contributed by atoms with van der Waals surface area (Å²) in [6, 6.07) is 0. The van der Waals surface area contributed by atoms with E-state index in [9.17, 15) is 0 Å². The van der Waals surface area contributed by atoms with Gasteiger partial charge in [-0.05, 0) is 86.9 Å². The van der Waals surface area contributed by atoms with Gasteiger partial charge in [-0.1, -0.05) is 18.9 Å². The van der Waals surface area contributed by atoms with E-state index in [2.05, 4.69) is 6.58 Å².